The number of rotatable bonds is 3. The number of aromatic nitrogens is 2. The summed E-state index contributed by atoms with van der Waals surface area (Å²) < 4.78 is 0. The number of carbonyl (C=O) groups excluding carboxylic acids is 1. The third-order valence-electron chi connectivity index (χ3n) is 5.54. The number of nitrogens with zero attached hydrogens (tertiary/aromatic N) is 4. The Morgan fingerprint density at radius 3 is 2.11 bits per heavy atom. The van der Waals surface area contributed by atoms with Crippen LogP contribution in [-0.2, 0) is 0 Å². The first-order valence-corrected chi connectivity index (χ1v) is 10.3. The van der Waals surface area contributed by atoms with Crippen LogP contribution in [0, 0.1) is 0 Å². The van der Waals surface area contributed by atoms with Crippen molar-refractivity contribution in [2.45, 2.75) is 44.9 Å². The molecule has 0 radical (unpaired) electrons. The van der Waals surface area contributed by atoms with Crippen LogP contribution in [0.1, 0.15) is 55.4 Å². The molecule has 2 saturated heterocycles. The molecule has 0 unspecified atom stereocenters. The van der Waals surface area contributed by atoms with Gasteiger partial charge in [-0.15, -0.1) is 0 Å². The lowest BCUT2D eigenvalue weighted by Gasteiger charge is -2.28. The van der Waals surface area contributed by atoms with Gasteiger partial charge in [0.2, 0.25) is 0 Å². The number of hydrogen-bond acceptors (Lipinski definition) is 4. The van der Waals surface area contributed by atoms with Gasteiger partial charge in [-0.3, -0.25) is 4.79 Å². The van der Waals surface area contributed by atoms with Gasteiger partial charge in [-0.1, -0.05) is 43.2 Å². The van der Waals surface area contributed by atoms with E-state index >= 15 is 0 Å². The summed E-state index contributed by atoms with van der Waals surface area (Å²) >= 11 is 0. The molecule has 1 amide bonds. The molecule has 3 heterocycles. The van der Waals surface area contributed by atoms with Gasteiger partial charge >= 0.3 is 0 Å². The van der Waals surface area contributed by atoms with E-state index in [1.54, 1.807) is 0 Å². The SMILES string of the molecule is O=C(c1cc(N2CCCCC2)nc(-c2ccccc2)n1)N1CCCCCC1. The Morgan fingerprint density at radius 1 is 0.778 bits per heavy atom. The number of benzene rings is 1. The summed E-state index contributed by atoms with van der Waals surface area (Å²) in [6.07, 6.45) is 8.22. The highest BCUT2D eigenvalue weighted by Crippen LogP contribution is 2.24. The highest BCUT2D eigenvalue weighted by atomic mass is 16.2. The summed E-state index contributed by atoms with van der Waals surface area (Å²) in [5.41, 5.74) is 1.49. The molecule has 2 aliphatic heterocycles. The summed E-state index contributed by atoms with van der Waals surface area (Å²) in [6, 6.07) is 11.9. The Morgan fingerprint density at radius 2 is 1.41 bits per heavy atom. The first-order valence-electron chi connectivity index (χ1n) is 10.3. The van der Waals surface area contributed by atoms with Crippen LogP contribution >= 0.6 is 0 Å². The van der Waals surface area contributed by atoms with E-state index in [2.05, 4.69) is 9.88 Å². The van der Waals surface area contributed by atoms with E-state index < -0.39 is 0 Å². The Hall–Kier alpha value is -2.43. The molecule has 2 aromatic rings. The Labute approximate surface area is 161 Å². The van der Waals surface area contributed by atoms with Gasteiger partial charge in [-0.25, -0.2) is 9.97 Å². The van der Waals surface area contributed by atoms with Crippen LogP contribution in [0.5, 0.6) is 0 Å². The lowest BCUT2D eigenvalue weighted by molar-refractivity contribution is 0.0755. The van der Waals surface area contributed by atoms with E-state index in [1.165, 1.54) is 32.1 Å². The van der Waals surface area contributed by atoms with Gasteiger partial charge in [0, 0.05) is 37.8 Å². The molecule has 5 heteroatoms. The first-order chi connectivity index (χ1) is 13.3. The maximum absolute atomic E-state index is 13.2. The molecule has 1 aromatic heterocycles. The summed E-state index contributed by atoms with van der Waals surface area (Å²) in [7, 11) is 0. The van der Waals surface area contributed by atoms with E-state index in [-0.39, 0.29) is 5.91 Å². The van der Waals surface area contributed by atoms with E-state index in [4.69, 9.17) is 4.98 Å². The van der Waals surface area contributed by atoms with Crippen molar-refractivity contribution in [2.75, 3.05) is 31.1 Å². The van der Waals surface area contributed by atoms with Gasteiger partial charge < -0.3 is 9.80 Å². The Kier molecular flexibility index (Phi) is 5.66. The van der Waals surface area contributed by atoms with Crippen LogP contribution in [0.4, 0.5) is 5.82 Å². The molecule has 2 aliphatic rings. The van der Waals surface area contributed by atoms with Crippen molar-refractivity contribution < 1.29 is 4.79 Å². The average molecular weight is 364 g/mol. The number of hydrogen-bond donors (Lipinski definition) is 0. The average Bonchev–Trinajstić information content (AvgIpc) is 3.04. The molecule has 142 valence electrons. The van der Waals surface area contributed by atoms with Crippen LogP contribution in [0.25, 0.3) is 11.4 Å². The van der Waals surface area contributed by atoms with Crippen molar-refractivity contribution in [3.63, 3.8) is 0 Å². The fraction of sp³-hybridized carbons (Fsp3) is 0.500. The molecule has 27 heavy (non-hydrogen) atoms. The van der Waals surface area contributed by atoms with E-state index in [9.17, 15) is 4.79 Å². The lowest BCUT2D eigenvalue weighted by atomic mass is 10.1. The summed E-state index contributed by atoms with van der Waals surface area (Å²) in [5, 5.41) is 0. The molecule has 5 nitrogen and oxygen atoms in total. The Balaban J connectivity index is 1.69. The van der Waals surface area contributed by atoms with Crippen molar-refractivity contribution in [1.29, 1.82) is 0 Å². The number of anilines is 1. The maximum atomic E-state index is 13.2. The van der Waals surface area contributed by atoms with E-state index in [1.807, 2.05) is 41.3 Å². The van der Waals surface area contributed by atoms with Crippen molar-refractivity contribution >= 4 is 11.7 Å². The third kappa shape index (κ3) is 4.29. The normalized spacial score (nSPS) is 18.2. The van der Waals surface area contributed by atoms with Crippen molar-refractivity contribution in [3.05, 3.63) is 42.1 Å². The number of likely N-dealkylation sites (tertiary alicyclic amines) is 1. The quantitative estimate of drug-likeness (QED) is 0.821. The molecule has 0 spiro atoms. The molecular weight excluding hydrogens is 336 g/mol. The minimum Gasteiger partial charge on any atom is -0.356 e. The van der Waals surface area contributed by atoms with Crippen molar-refractivity contribution in [3.8, 4) is 11.4 Å². The number of amides is 1. The third-order valence-corrected chi connectivity index (χ3v) is 5.54. The van der Waals surface area contributed by atoms with E-state index in [0.717, 1.165) is 50.4 Å². The van der Waals surface area contributed by atoms with E-state index in [0.29, 0.717) is 11.5 Å². The molecule has 2 fully saturated rings. The second kappa shape index (κ2) is 8.51. The highest BCUT2D eigenvalue weighted by molar-refractivity contribution is 5.93. The van der Waals surface area contributed by atoms with Crippen LogP contribution in [-0.4, -0.2) is 47.0 Å². The largest absolute Gasteiger partial charge is 0.356 e. The van der Waals surface area contributed by atoms with Gasteiger partial charge in [-0.05, 0) is 32.1 Å². The lowest BCUT2D eigenvalue weighted by Crippen LogP contribution is -2.34. The summed E-state index contributed by atoms with van der Waals surface area (Å²) in [4.78, 5) is 27.0. The predicted molar refractivity (Wildman–Crippen MR) is 108 cm³/mol. The Bertz CT molecular complexity index is 763. The molecule has 1 aromatic carbocycles. The molecule has 0 aliphatic carbocycles. The van der Waals surface area contributed by atoms with Crippen LogP contribution in [0.3, 0.4) is 0 Å². The standard InChI is InChI=1S/C22H28N4O/c27-22(26-15-7-1-2-8-16-26)19-17-20(25-13-9-4-10-14-25)24-21(23-19)18-11-5-3-6-12-18/h3,5-6,11-12,17H,1-2,4,7-10,13-16H2. The zero-order valence-corrected chi connectivity index (χ0v) is 15.9. The molecule has 0 atom stereocenters. The second-order valence-corrected chi connectivity index (χ2v) is 7.56. The van der Waals surface area contributed by atoms with Crippen LogP contribution in [0.2, 0.25) is 0 Å². The van der Waals surface area contributed by atoms with Crippen LogP contribution < -0.4 is 4.90 Å². The second-order valence-electron chi connectivity index (χ2n) is 7.56. The van der Waals surface area contributed by atoms with Gasteiger partial charge in [0.25, 0.3) is 5.91 Å². The summed E-state index contributed by atoms with van der Waals surface area (Å²) in [5.74, 6) is 1.59. The molecule has 0 saturated carbocycles. The smallest absolute Gasteiger partial charge is 0.272 e. The van der Waals surface area contributed by atoms with Crippen LogP contribution in [0.15, 0.2) is 36.4 Å². The van der Waals surface area contributed by atoms with Gasteiger partial charge in [0.05, 0.1) is 0 Å². The fourth-order valence-corrected chi connectivity index (χ4v) is 3.98. The molecule has 0 bridgehead atoms. The van der Waals surface area contributed by atoms with Gasteiger partial charge in [0.15, 0.2) is 5.82 Å². The van der Waals surface area contributed by atoms with Gasteiger partial charge in [0.1, 0.15) is 11.5 Å². The van der Waals surface area contributed by atoms with Gasteiger partial charge in [-0.2, -0.15) is 0 Å². The highest BCUT2D eigenvalue weighted by Gasteiger charge is 2.22. The molecule has 0 N–H and O–H groups in total. The zero-order chi connectivity index (χ0) is 18.5. The fourth-order valence-electron chi connectivity index (χ4n) is 3.98. The minimum atomic E-state index is 0.0507. The predicted octanol–water partition coefficient (Wildman–Crippen LogP) is 4.15. The first kappa shape index (κ1) is 18.0. The monoisotopic (exact) mass is 364 g/mol. The summed E-state index contributed by atoms with van der Waals surface area (Å²) in [6.45, 7) is 3.68. The molecule has 4 rings (SSSR count). The maximum Gasteiger partial charge on any atom is 0.272 e. The van der Waals surface area contributed by atoms with Crippen molar-refractivity contribution in [1.82, 2.24) is 14.9 Å². The number of piperidine rings is 1. The minimum absolute atomic E-state index is 0.0507. The number of carbonyl (C=O) groups is 1. The molecular formula is C22H28N4O. The topological polar surface area (TPSA) is 49.3 Å². The van der Waals surface area contributed by atoms with Crippen molar-refractivity contribution in [2.24, 2.45) is 0 Å². The zero-order valence-electron chi connectivity index (χ0n) is 15.9.